The standard InChI is InChI=1S/C9H12N4O/c1-4-5(2)11-9(14)7-6(3)12-13-8(7)10/h1,5H,2-3H3,(H,11,14)(H3,10,12,13). The maximum Gasteiger partial charge on any atom is 0.257 e. The largest absolute Gasteiger partial charge is 0.382 e. The first kappa shape index (κ1) is 10.1. The van der Waals surface area contributed by atoms with Crippen LogP contribution in [0, 0.1) is 19.3 Å². The number of hydrogen-bond acceptors (Lipinski definition) is 3. The van der Waals surface area contributed by atoms with Crippen molar-refractivity contribution in [2.75, 3.05) is 5.73 Å². The van der Waals surface area contributed by atoms with Crippen LogP contribution < -0.4 is 11.1 Å². The molecule has 4 N–H and O–H groups in total. The van der Waals surface area contributed by atoms with Crippen LogP contribution >= 0.6 is 0 Å². The molecule has 1 atom stereocenters. The lowest BCUT2D eigenvalue weighted by atomic mass is 10.2. The molecule has 1 aromatic rings. The van der Waals surface area contributed by atoms with Gasteiger partial charge in [-0.25, -0.2) is 0 Å². The van der Waals surface area contributed by atoms with Crippen LogP contribution in [0.15, 0.2) is 0 Å². The molecule has 0 radical (unpaired) electrons. The van der Waals surface area contributed by atoms with E-state index in [4.69, 9.17) is 12.2 Å². The number of H-pyrrole nitrogens is 1. The molecule has 74 valence electrons. The van der Waals surface area contributed by atoms with Gasteiger partial charge in [0.15, 0.2) is 5.82 Å². The van der Waals surface area contributed by atoms with E-state index >= 15 is 0 Å². The molecule has 5 nitrogen and oxygen atoms in total. The SMILES string of the molecule is C#CC(C)NC(=O)c1c(N)n[nH]c1C. The lowest BCUT2D eigenvalue weighted by molar-refractivity contribution is 0.0948. The Morgan fingerprint density at radius 2 is 2.43 bits per heavy atom. The van der Waals surface area contributed by atoms with Gasteiger partial charge in [0.05, 0.1) is 6.04 Å². The molecule has 1 rings (SSSR count). The van der Waals surface area contributed by atoms with Crippen LogP contribution in [-0.2, 0) is 0 Å². The average Bonchev–Trinajstić information content (AvgIpc) is 2.46. The van der Waals surface area contributed by atoms with Gasteiger partial charge in [0.2, 0.25) is 0 Å². The fraction of sp³-hybridized carbons (Fsp3) is 0.333. The molecule has 0 aliphatic rings. The minimum absolute atomic E-state index is 0.184. The summed E-state index contributed by atoms with van der Waals surface area (Å²) < 4.78 is 0. The molecule has 0 aliphatic heterocycles. The molecule has 0 fully saturated rings. The Hall–Kier alpha value is -1.96. The smallest absolute Gasteiger partial charge is 0.257 e. The Balaban J connectivity index is 2.86. The van der Waals surface area contributed by atoms with E-state index in [1.165, 1.54) is 0 Å². The Morgan fingerprint density at radius 3 is 2.86 bits per heavy atom. The number of nitrogens with two attached hydrogens (primary N) is 1. The van der Waals surface area contributed by atoms with Gasteiger partial charge in [-0.1, -0.05) is 5.92 Å². The predicted molar refractivity (Wildman–Crippen MR) is 53.5 cm³/mol. The number of rotatable bonds is 2. The highest BCUT2D eigenvalue weighted by Gasteiger charge is 2.16. The second-order valence-corrected chi connectivity index (χ2v) is 2.97. The molecule has 14 heavy (non-hydrogen) atoms. The van der Waals surface area contributed by atoms with E-state index in [1.807, 2.05) is 0 Å². The number of carbonyl (C=O) groups is 1. The van der Waals surface area contributed by atoms with Crippen molar-refractivity contribution < 1.29 is 4.79 Å². The maximum atomic E-state index is 11.6. The number of aromatic amines is 1. The highest BCUT2D eigenvalue weighted by atomic mass is 16.1. The molecule has 0 saturated heterocycles. The van der Waals surface area contributed by atoms with Gasteiger partial charge in [0, 0.05) is 5.69 Å². The Kier molecular flexibility index (Phi) is 2.77. The van der Waals surface area contributed by atoms with Crippen molar-refractivity contribution in [3.63, 3.8) is 0 Å². The fourth-order valence-corrected chi connectivity index (χ4v) is 1.05. The van der Waals surface area contributed by atoms with Crippen LogP contribution in [0.4, 0.5) is 5.82 Å². The second kappa shape index (κ2) is 3.83. The van der Waals surface area contributed by atoms with Gasteiger partial charge in [-0.2, -0.15) is 5.10 Å². The quantitative estimate of drug-likeness (QED) is 0.579. The molecule has 1 aromatic heterocycles. The molecule has 1 amide bonds. The number of anilines is 1. The van der Waals surface area contributed by atoms with Gasteiger partial charge in [-0.3, -0.25) is 9.89 Å². The molecule has 1 heterocycles. The van der Waals surface area contributed by atoms with Crippen LogP contribution in [-0.4, -0.2) is 22.1 Å². The van der Waals surface area contributed by atoms with Gasteiger partial charge < -0.3 is 11.1 Å². The van der Waals surface area contributed by atoms with Gasteiger partial charge in [0.1, 0.15) is 5.56 Å². The molecule has 0 spiro atoms. The van der Waals surface area contributed by atoms with Crippen molar-refractivity contribution in [2.24, 2.45) is 0 Å². The van der Waals surface area contributed by atoms with E-state index in [-0.39, 0.29) is 17.8 Å². The number of carbonyl (C=O) groups excluding carboxylic acids is 1. The summed E-state index contributed by atoms with van der Waals surface area (Å²) in [6, 6.07) is -0.323. The average molecular weight is 192 g/mol. The Bertz CT molecular complexity index is 369. The van der Waals surface area contributed by atoms with Gasteiger partial charge in [-0.15, -0.1) is 6.42 Å². The highest BCUT2D eigenvalue weighted by molar-refractivity contribution is 5.99. The van der Waals surface area contributed by atoms with Crippen LogP contribution in [0.25, 0.3) is 0 Å². The predicted octanol–water partition coefficient (Wildman–Crippen LogP) is 0.0518. The van der Waals surface area contributed by atoms with Gasteiger partial charge in [-0.05, 0) is 13.8 Å². The van der Waals surface area contributed by atoms with Crippen molar-refractivity contribution in [3.05, 3.63) is 11.3 Å². The van der Waals surface area contributed by atoms with Crippen molar-refractivity contribution in [2.45, 2.75) is 19.9 Å². The lowest BCUT2D eigenvalue weighted by Crippen LogP contribution is -2.31. The first-order chi connectivity index (χ1) is 6.56. The molecular formula is C9H12N4O. The van der Waals surface area contributed by atoms with Gasteiger partial charge >= 0.3 is 0 Å². The number of aromatic nitrogens is 2. The molecule has 0 saturated carbocycles. The van der Waals surface area contributed by atoms with Crippen LogP contribution in [0.2, 0.25) is 0 Å². The van der Waals surface area contributed by atoms with Crippen LogP contribution in [0.5, 0.6) is 0 Å². The third-order valence-corrected chi connectivity index (χ3v) is 1.80. The van der Waals surface area contributed by atoms with E-state index in [1.54, 1.807) is 13.8 Å². The molecule has 5 heteroatoms. The summed E-state index contributed by atoms with van der Waals surface area (Å²) in [5, 5.41) is 8.93. The van der Waals surface area contributed by atoms with Crippen molar-refractivity contribution in [3.8, 4) is 12.3 Å². The van der Waals surface area contributed by atoms with Crippen LogP contribution in [0.1, 0.15) is 23.0 Å². The van der Waals surface area contributed by atoms with Crippen molar-refractivity contribution in [1.29, 1.82) is 0 Å². The minimum Gasteiger partial charge on any atom is -0.382 e. The number of amides is 1. The summed E-state index contributed by atoms with van der Waals surface area (Å²) in [6.07, 6.45) is 5.13. The Morgan fingerprint density at radius 1 is 1.79 bits per heavy atom. The molecular weight excluding hydrogens is 180 g/mol. The van der Waals surface area contributed by atoms with Crippen LogP contribution in [0.3, 0.4) is 0 Å². The summed E-state index contributed by atoms with van der Waals surface area (Å²) in [6.45, 7) is 3.43. The van der Waals surface area contributed by atoms with Crippen molar-refractivity contribution >= 4 is 11.7 Å². The zero-order valence-electron chi connectivity index (χ0n) is 8.09. The number of terminal acetylenes is 1. The zero-order chi connectivity index (χ0) is 10.7. The molecule has 0 aromatic carbocycles. The van der Waals surface area contributed by atoms with E-state index < -0.39 is 0 Å². The minimum atomic E-state index is -0.323. The van der Waals surface area contributed by atoms with Crippen molar-refractivity contribution in [1.82, 2.24) is 15.5 Å². The number of nitrogen functional groups attached to an aromatic ring is 1. The summed E-state index contributed by atoms with van der Waals surface area (Å²) in [4.78, 5) is 11.6. The maximum absolute atomic E-state index is 11.6. The third-order valence-electron chi connectivity index (χ3n) is 1.80. The molecule has 0 aliphatic carbocycles. The van der Waals surface area contributed by atoms with E-state index in [9.17, 15) is 4.79 Å². The normalized spacial score (nSPS) is 11.8. The van der Waals surface area contributed by atoms with Gasteiger partial charge in [0.25, 0.3) is 5.91 Å². The number of nitrogens with zero attached hydrogens (tertiary/aromatic N) is 1. The first-order valence-corrected chi connectivity index (χ1v) is 4.13. The topological polar surface area (TPSA) is 83.8 Å². The number of aryl methyl sites for hydroxylation is 1. The summed E-state index contributed by atoms with van der Waals surface area (Å²) >= 11 is 0. The van der Waals surface area contributed by atoms with E-state index in [2.05, 4.69) is 21.4 Å². The third kappa shape index (κ3) is 1.85. The number of hydrogen-bond donors (Lipinski definition) is 3. The second-order valence-electron chi connectivity index (χ2n) is 2.97. The number of nitrogens with one attached hydrogen (secondary N) is 2. The Labute approximate surface area is 82.1 Å². The highest BCUT2D eigenvalue weighted by Crippen LogP contribution is 2.11. The molecule has 1 unspecified atom stereocenters. The summed E-state index contributed by atoms with van der Waals surface area (Å²) in [5.74, 6) is 2.27. The lowest BCUT2D eigenvalue weighted by Gasteiger charge is -2.06. The monoisotopic (exact) mass is 192 g/mol. The van der Waals surface area contributed by atoms with E-state index in [0.29, 0.717) is 11.3 Å². The fourth-order valence-electron chi connectivity index (χ4n) is 1.05. The first-order valence-electron chi connectivity index (χ1n) is 4.13. The van der Waals surface area contributed by atoms with E-state index in [0.717, 1.165) is 0 Å². The summed E-state index contributed by atoms with van der Waals surface area (Å²) in [7, 11) is 0. The zero-order valence-corrected chi connectivity index (χ0v) is 8.09. The molecule has 0 bridgehead atoms. The summed E-state index contributed by atoms with van der Waals surface area (Å²) in [5.41, 5.74) is 6.49.